The maximum absolute atomic E-state index is 14.8. The van der Waals surface area contributed by atoms with Crippen LogP contribution in [0.25, 0.3) is 33.9 Å². The Kier molecular flexibility index (Phi) is 7.85. The summed E-state index contributed by atoms with van der Waals surface area (Å²) >= 11 is 0. The summed E-state index contributed by atoms with van der Waals surface area (Å²) in [4.78, 5) is 33.2. The highest BCUT2D eigenvalue weighted by molar-refractivity contribution is 6.14. The van der Waals surface area contributed by atoms with Crippen molar-refractivity contribution in [2.75, 3.05) is 22.9 Å². The van der Waals surface area contributed by atoms with Gasteiger partial charge in [-0.25, -0.2) is 4.98 Å². The van der Waals surface area contributed by atoms with E-state index in [4.69, 9.17) is 9.72 Å². The summed E-state index contributed by atoms with van der Waals surface area (Å²) in [6.07, 6.45) is 3.55. The van der Waals surface area contributed by atoms with Crippen molar-refractivity contribution in [2.45, 2.75) is 26.3 Å². The number of rotatable bonds is 7. The van der Waals surface area contributed by atoms with Crippen molar-refractivity contribution >= 4 is 17.3 Å². The number of benzene rings is 4. The Morgan fingerprint density at radius 1 is 0.623 bits per heavy atom. The maximum Gasteiger partial charge on any atom is 0.260 e. The first-order valence-corrected chi connectivity index (χ1v) is 18.1. The van der Waals surface area contributed by atoms with E-state index in [1.165, 1.54) is 0 Å². The molecule has 7 aromatic rings. The Hall–Kier alpha value is -6.60. The predicted molar refractivity (Wildman–Crippen MR) is 211 cm³/mol. The number of aryl methyl sites for hydroxylation is 1. The molecule has 0 bridgehead atoms. The Labute approximate surface area is 309 Å². The molecule has 7 nitrogen and oxygen atoms in total. The Morgan fingerprint density at radius 3 is 1.89 bits per heavy atom. The fourth-order valence-corrected chi connectivity index (χ4v) is 7.97. The van der Waals surface area contributed by atoms with Crippen LogP contribution in [0.5, 0.6) is 11.5 Å². The van der Waals surface area contributed by atoms with E-state index in [0.717, 1.165) is 92.1 Å². The van der Waals surface area contributed by atoms with Gasteiger partial charge in [0.2, 0.25) is 0 Å². The van der Waals surface area contributed by atoms with Crippen LogP contribution >= 0.6 is 0 Å². The number of anilines is 2. The fourth-order valence-electron chi connectivity index (χ4n) is 7.97. The van der Waals surface area contributed by atoms with Crippen LogP contribution in [-0.4, -0.2) is 33.9 Å². The molecule has 0 fully saturated rings. The molecule has 9 rings (SSSR count). The van der Waals surface area contributed by atoms with E-state index < -0.39 is 5.54 Å². The fraction of sp³-hybridized carbons (Fsp3) is 0.130. The molecule has 0 unspecified atom stereocenters. The largest absolute Gasteiger partial charge is 0.456 e. The van der Waals surface area contributed by atoms with Crippen molar-refractivity contribution in [3.05, 3.63) is 174 Å². The quantitative estimate of drug-likeness (QED) is 0.166. The molecule has 0 saturated carbocycles. The van der Waals surface area contributed by atoms with Crippen molar-refractivity contribution in [1.29, 1.82) is 0 Å². The van der Waals surface area contributed by atoms with Crippen LogP contribution in [0.4, 0.5) is 11.4 Å². The predicted octanol–water partition coefficient (Wildman–Crippen LogP) is 10.1. The van der Waals surface area contributed by atoms with Gasteiger partial charge >= 0.3 is 0 Å². The van der Waals surface area contributed by atoms with Crippen molar-refractivity contribution in [3.63, 3.8) is 0 Å². The molecular formula is C46H37N5O2. The van der Waals surface area contributed by atoms with E-state index in [-0.39, 0.29) is 5.91 Å². The van der Waals surface area contributed by atoms with Gasteiger partial charge in [0.1, 0.15) is 17.0 Å². The van der Waals surface area contributed by atoms with Crippen LogP contribution in [0.3, 0.4) is 0 Å². The van der Waals surface area contributed by atoms with E-state index >= 15 is 0 Å². The summed E-state index contributed by atoms with van der Waals surface area (Å²) in [6, 6.07) is 44.8. The third-order valence-electron chi connectivity index (χ3n) is 10.5. The molecule has 1 amide bonds. The average Bonchev–Trinajstić information content (AvgIpc) is 3.47. The normalized spacial score (nSPS) is 15.5. The zero-order chi connectivity index (χ0) is 36.1. The van der Waals surface area contributed by atoms with Gasteiger partial charge in [-0.2, -0.15) is 0 Å². The molecule has 3 aromatic heterocycles. The van der Waals surface area contributed by atoms with Gasteiger partial charge in [-0.15, -0.1) is 0 Å². The van der Waals surface area contributed by atoms with Gasteiger partial charge in [0.25, 0.3) is 5.91 Å². The second-order valence-corrected chi connectivity index (χ2v) is 13.5. The summed E-state index contributed by atoms with van der Waals surface area (Å²) in [7, 11) is 0. The van der Waals surface area contributed by atoms with Gasteiger partial charge in [0.05, 0.1) is 22.8 Å². The Balaban J connectivity index is 1.22. The van der Waals surface area contributed by atoms with Gasteiger partial charge in [0.15, 0.2) is 0 Å². The lowest BCUT2D eigenvalue weighted by atomic mass is 9.74. The summed E-state index contributed by atoms with van der Waals surface area (Å²) in [5.74, 6) is 1.44. The van der Waals surface area contributed by atoms with Crippen molar-refractivity contribution in [3.8, 4) is 45.4 Å². The minimum Gasteiger partial charge on any atom is -0.456 e. The highest BCUT2D eigenvalue weighted by Gasteiger charge is 2.57. The summed E-state index contributed by atoms with van der Waals surface area (Å²) in [5, 5.41) is 0. The Bertz CT molecular complexity index is 2440. The number of carbonyl (C=O) groups excluding carboxylic acids is 1. The first kappa shape index (κ1) is 32.3. The molecule has 2 aliphatic rings. The number of pyridine rings is 3. The number of ether oxygens (including phenoxy) is 1. The minimum atomic E-state index is -0.956. The summed E-state index contributed by atoms with van der Waals surface area (Å²) in [6.45, 7) is 8.14. The number of fused-ring (bicyclic) bond motifs is 6. The molecule has 53 heavy (non-hydrogen) atoms. The SMILES string of the molecule is CCN(CC)c1ccc2c(c1)Oc1cc(C)ccc1[C@]21c2ccccc2C(=O)N1c1ccc(-c2cc(-c3ccccn3)nc(-c3ccccn3)c2)cc1. The van der Waals surface area contributed by atoms with E-state index in [1.54, 1.807) is 12.4 Å². The van der Waals surface area contributed by atoms with E-state index in [0.29, 0.717) is 5.56 Å². The smallest absolute Gasteiger partial charge is 0.260 e. The zero-order valence-corrected chi connectivity index (χ0v) is 29.8. The molecule has 5 heterocycles. The van der Waals surface area contributed by atoms with Crippen molar-refractivity contribution < 1.29 is 9.53 Å². The average molecular weight is 692 g/mol. The van der Waals surface area contributed by atoms with Crippen molar-refractivity contribution in [2.24, 2.45) is 0 Å². The van der Waals surface area contributed by atoms with Crippen LogP contribution < -0.4 is 14.5 Å². The maximum atomic E-state index is 14.8. The number of hydrogen-bond acceptors (Lipinski definition) is 6. The molecule has 7 heteroatoms. The van der Waals surface area contributed by atoms with Crippen molar-refractivity contribution in [1.82, 2.24) is 15.0 Å². The van der Waals surface area contributed by atoms with Crippen LogP contribution in [-0.2, 0) is 5.54 Å². The second-order valence-electron chi connectivity index (χ2n) is 13.5. The Morgan fingerprint density at radius 2 is 1.25 bits per heavy atom. The number of amides is 1. The molecular weight excluding hydrogens is 655 g/mol. The lowest BCUT2D eigenvalue weighted by molar-refractivity contribution is 0.0985. The van der Waals surface area contributed by atoms with Crippen LogP contribution in [0.1, 0.15) is 46.5 Å². The van der Waals surface area contributed by atoms with Crippen LogP contribution in [0, 0.1) is 6.92 Å². The molecule has 0 N–H and O–H groups in total. The topological polar surface area (TPSA) is 71.5 Å². The summed E-state index contributed by atoms with van der Waals surface area (Å²) in [5.41, 5.74) is 10.5. The van der Waals surface area contributed by atoms with Crippen LogP contribution in [0.15, 0.2) is 146 Å². The van der Waals surface area contributed by atoms with E-state index in [1.807, 2.05) is 59.5 Å². The minimum absolute atomic E-state index is 0.0562. The van der Waals surface area contributed by atoms with Crippen LogP contribution in [0.2, 0.25) is 0 Å². The monoisotopic (exact) mass is 691 g/mol. The van der Waals surface area contributed by atoms with Gasteiger partial charge in [-0.3, -0.25) is 19.7 Å². The van der Waals surface area contributed by atoms with Gasteiger partial charge in [0, 0.05) is 65.2 Å². The number of nitrogens with zero attached hydrogens (tertiary/aromatic N) is 5. The molecule has 0 aliphatic carbocycles. The summed E-state index contributed by atoms with van der Waals surface area (Å²) < 4.78 is 6.75. The molecule has 0 saturated heterocycles. The lowest BCUT2D eigenvalue weighted by Crippen LogP contribution is -2.47. The second kappa shape index (κ2) is 12.9. The highest BCUT2D eigenvalue weighted by Crippen LogP contribution is 2.59. The zero-order valence-electron chi connectivity index (χ0n) is 29.8. The van der Waals surface area contributed by atoms with Gasteiger partial charge in [-0.1, -0.05) is 60.7 Å². The lowest BCUT2D eigenvalue weighted by Gasteiger charge is -2.44. The molecule has 258 valence electrons. The third-order valence-corrected chi connectivity index (χ3v) is 10.5. The van der Waals surface area contributed by atoms with Gasteiger partial charge in [-0.05, 0) is 104 Å². The number of hydrogen-bond donors (Lipinski definition) is 0. The molecule has 4 aromatic carbocycles. The van der Waals surface area contributed by atoms with E-state index in [9.17, 15) is 4.79 Å². The highest BCUT2D eigenvalue weighted by atomic mass is 16.5. The molecule has 1 spiro atoms. The number of carbonyl (C=O) groups is 1. The molecule has 1 atom stereocenters. The molecule has 0 radical (unpaired) electrons. The number of aromatic nitrogens is 3. The first-order valence-electron chi connectivity index (χ1n) is 18.1. The third kappa shape index (κ3) is 5.19. The van der Waals surface area contributed by atoms with E-state index in [2.05, 4.69) is 115 Å². The van der Waals surface area contributed by atoms with Gasteiger partial charge < -0.3 is 9.64 Å². The first-order chi connectivity index (χ1) is 26.0. The standard InChI is InChI=1S/C46H37N5O2/c1-4-50(5-2)34-21-23-38-44(29-34)53-43-26-30(3)16-22-37(43)46(38)36-13-7-6-12-35(36)45(52)51(46)33-19-17-31(18-20-33)32-27-41(39-14-8-10-24-47-39)49-42(28-32)40-15-9-11-25-48-40/h6-29H,4-5H2,1-3H3/t46-/m1/s1. The molecule has 2 aliphatic heterocycles.